The second-order valence-corrected chi connectivity index (χ2v) is 7.89. The van der Waals surface area contributed by atoms with Crippen molar-refractivity contribution in [3.05, 3.63) is 46.5 Å². The third kappa shape index (κ3) is 3.29. The van der Waals surface area contributed by atoms with Crippen LogP contribution in [0.5, 0.6) is 6.01 Å². The van der Waals surface area contributed by atoms with Gasteiger partial charge in [0, 0.05) is 18.5 Å². The van der Waals surface area contributed by atoms with Crippen molar-refractivity contribution >= 4 is 28.6 Å². The van der Waals surface area contributed by atoms with Gasteiger partial charge in [-0.2, -0.15) is 4.98 Å². The Hall–Kier alpha value is -2.57. The molecule has 31 heavy (non-hydrogen) atoms. The smallest absolute Gasteiger partial charge is 0.296 e. The lowest BCUT2D eigenvalue weighted by Gasteiger charge is -2.33. The van der Waals surface area contributed by atoms with Crippen molar-refractivity contribution in [1.82, 2.24) is 15.0 Å². The molecule has 1 aromatic carbocycles. The fourth-order valence-electron chi connectivity index (χ4n) is 3.79. The van der Waals surface area contributed by atoms with E-state index in [1.807, 2.05) is 0 Å². The van der Waals surface area contributed by atoms with Crippen LogP contribution in [-0.2, 0) is 16.0 Å². The molecule has 12 heteroatoms. The van der Waals surface area contributed by atoms with Crippen LogP contribution in [-0.4, -0.2) is 45.7 Å². The predicted octanol–water partition coefficient (Wildman–Crippen LogP) is 2.01. The fraction of sp³-hybridized carbons (Fsp3) is 0.368. The summed E-state index contributed by atoms with van der Waals surface area (Å²) in [5, 5.41) is 3.07. The number of halogens is 3. The summed E-state index contributed by atoms with van der Waals surface area (Å²) < 4.78 is 44.8. The summed E-state index contributed by atoms with van der Waals surface area (Å²) >= 11 is 6.26. The number of ether oxygens (including phenoxy) is 3. The van der Waals surface area contributed by atoms with E-state index in [0.717, 1.165) is 0 Å². The van der Waals surface area contributed by atoms with Gasteiger partial charge in [0.2, 0.25) is 0 Å². The molecule has 0 aliphatic carbocycles. The van der Waals surface area contributed by atoms with Gasteiger partial charge in [-0.25, -0.2) is 13.8 Å². The Balaban J connectivity index is 1.36. The first kappa shape index (κ1) is 20.3. The number of rotatable bonds is 5. The second kappa shape index (κ2) is 7.24. The maximum absolute atomic E-state index is 13.8. The van der Waals surface area contributed by atoms with E-state index in [9.17, 15) is 8.78 Å². The Labute approximate surface area is 180 Å². The maximum atomic E-state index is 13.8. The van der Waals surface area contributed by atoms with E-state index in [1.165, 1.54) is 18.2 Å². The molecular weight excluding hydrogens is 434 g/mol. The Bertz CT molecular complexity index is 1140. The van der Waals surface area contributed by atoms with Gasteiger partial charge in [-0.3, -0.25) is 11.5 Å². The number of nitrogens with zero attached hydrogens (tertiary/aromatic N) is 2. The molecule has 0 amide bonds. The molecule has 2 saturated heterocycles. The van der Waals surface area contributed by atoms with E-state index in [-0.39, 0.29) is 41.2 Å². The summed E-state index contributed by atoms with van der Waals surface area (Å²) in [7, 11) is 0. The standard InChI is InChI=1S/C19H19ClF2N6O3/c20-10-6-13-16(27-15(10)25-7-9-11(21)2-1-3-12(9)22)28-17(26-13)31-14-8-30-18(23)4-5-29-19(14,18)24/h1-3,6,14H,4-5,7-8,23-24H2,(H2,25,26,27,28)/t14-,18-,19-/m1/s1. The van der Waals surface area contributed by atoms with Gasteiger partial charge in [0.05, 0.1) is 23.8 Å². The van der Waals surface area contributed by atoms with Gasteiger partial charge in [-0.05, 0) is 18.2 Å². The predicted molar refractivity (Wildman–Crippen MR) is 107 cm³/mol. The molecule has 0 saturated carbocycles. The van der Waals surface area contributed by atoms with Crippen LogP contribution in [0.2, 0.25) is 5.02 Å². The number of fused-ring (bicyclic) bond motifs is 2. The summed E-state index contributed by atoms with van der Waals surface area (Å²) in [6.45, 7) is 0.358. The minimum atomic E-state index is -1.30. The summed E-state index contributed by atoms with van der Waals surface area (Å²) in [6, 6.07) is 5.36. The van der Waals surface area contributed by atoms with Crippen LogP contribution in [0.4, 0.5) is 14.6 Å². The normalized spacial score (nSPS) is 27.6. The largest absolute Gasteiger partial charge is 0.454 e. The molecule has 0 radical (unpaired) electrons. The molecule has 0 spiro atoms. The summed E-state index contributed by atoms with van der Waals surface area (Å²) in [5.74, 6) is -1.12. The summed E-state index contributed by atoms with van der Waals surface area (Å²) in [5.41, 5.74) is 10.7. The number of aromatic nitrogens is 3. The zero-order valence-electron chi connectivity index (χ0n) is 16.1. The van der Waals surface area contributed by atoms with Gasteiger partial charge in [0.1, 0.15) is 17.5 Å². The van der Waals surface area contributed by atoms with Crippen molar-refractivity contribution < 1.29 is 23.0 Å². The molecule has 6 N–H and O–H groups in total. The molecule has 2 aromatic heterocycles. The minimum absolute atomic E-state index is 0.122. The van der Waals surface area contributed by atoms with Crippen molar-refractivity contribution in [2.45, 2.75) is 30.5 Å². The molecule has 2 fully saturated rings. The van der Waals surface area contributed by atoms with E-state index in [0.29, 0.717) is 18.5 Å². The highest BCUT2D eigenvalue weighted by Crippen LogP contribution is 2.40. The lowest BCUT2D eigenvalue weighted by atomic mass is 9.99. The first-order chi connectivity index (χ1) is 14.8. The number of imidazole rings is 1. The number of nitrogens with one attached hydrogen (secondary N) is 2. The van der Waals surface area contributed by atoms with Crippen molar-refractivity contribution in [2.75, 3.05) is 18.5 Å². The van der Waals surface area contributed by atoms with E-state index < -0.39 is 29.2 Å². The third-order valence-electron chi connectivity index (χ3n) is 5.60. The molecule has 4 heterocycles. The zero-order valence-corrected chi connectivity index (χ0v) is 16.9. The number of anilines is 1. The van der Waals surface area contributed by atoms with E-state index in [2.05, 4.69) is 20.3 Å². The summed E-state index contributed by atoms with van der Waals surface area (Å²) in [6.07, 6.45) is -0.226. The number of hydrogen-bond acceptors (Lipinski definition) is 8. The van der Waals surface area contributed by atoms with Crippen LogP contribution in [0.15, 0.2) is 24.3 Å². The number of hydrogen-bond donors (Lipinski definition) is 4. The van der Waals surface area contributed by atoms with E-state index >= 15 is 0 Å². The van der Waals surface area contributed by atoms with Crippen LogP contribution in [0.3, 0.4) is 0 Å². The average Bonchev–Trinajstić information content (AvgIpc) is 3.31. The number of pyridine rings is 1. The Morgan fingerprint density at radius 2 is 2.03 bits per heavy atom. The SMILES string of the molecule is N[C@@]12CCO[C@]1(N)[C@H](Oc1nc3nc(NCc4c(F)cccc4F)c(Cl)cc3[nH]1)CO2. The number of benzene rings is 1. The van der Waals surface area contributed by atoms with Gasteiger partial charge in [0.15, 0.2) is 23.2 Å². The van der Waals surface area contributed by atoms with Gasteiger partial charge in [-0.1, -0.05) is 17.7 Å². The highest BCUT2D eigenvalue weighted by Gasteiger charge is 2.64. The fourth-order valence-corrected chi connectivity index (χ4v) is 4.01. The first-order valence-electron chi connectivity index (χ1n) is 9.54. The van der Waals surface area contributed by atoms with Gasteiger partial charge >= 0.3 is 0 Å². The Morgan fingerprint density at radius 1 is 1.26 bits per heavy atom. The molecule has 164 valence electrons. The Kier molecular flexibility index (Phi) is 4.75. The minimum Gasteiger partial charge on any atom is -0.454 e. The van der Waals surface area contributed by atoms with Crippen molar-refractivity contribution in [2.24, 2.45) is 11.5 Å². The number of nitrogens with two attached hydrogens (primary N) is 2. The topological polar surface area (TPSA) is 133 Å². The molecule has 0 bridgehead atoms. The quantitative estimate of drug-likeness (QED) is 0.462. The molecule has 0 unspecified atom stereocenters. The van der Waals surface area contributed by atoms with Crippen molar-refractivity contribution in [3.8, 4) is 6.01 Å². The maximum Gasteiger partial charge on any atom is 0.296 e. The number of aromatic amines is 1. The van der Waals surface area contributed by atoms with Crippen LogP contribution in [0.1, 0.15) is 12.0 Å². The molecule has 9 nitrogen and oxygen atoms in total. The molecule has 2 aliphatic rings. The van der Waals surface area contributed by atoms with E-state index in [1.54, 1.807) is 6.07 Å². The second-order valence-electron chi connectivity index (χ2n) is 7.48. The molecule has 3 aromatic rings. The van der Waals surface area contributed by atoms with Crippen LogP contribution < -0.4 is 21.5 Å². The third-order valence-corrected chi connectivity index (χ3v) is 5.89. The average molecular weight is 453 g/mol. The number of H-pyrrole nitrogens is 1. The lowest BCUT2D eigenvalue weighted by molar-refractivity contribution is -0.104. The van der Waals surface area contributed by atoms with Gasteiger partial charge in [0.25, 0.3) is 6.01 Å². The zero-order chi connectivity index (χ0) is 21.8. The van der Waals surface area contributed by atoms with Crippen molar-refractivity contribution in [1.29, 1.82) is 0 Å². The highest BCUT2D eigenvalue weighted by atomic mass is 35.5. The molecule has 5 rings (SSSR count). The van der Waals surface area contributed by atoms with Crippen molar-refractivity contribution in [3.63, 3.8) is 0 Å². The Morgan fingerprint density at radius 3 is 2.81 bits per heavy atom. The van der Waals surface area contributed by atoms with Crippen LogP contribution in [0, 0.1) is 11.6 Å². The van der Waals surface area contributed by atoms with E-state index in [4.69, 9.17) is 37.3 Å². The lowest BCUT2D eigenvalue weighted by Crippen LogP contribution is -2.66. The molecular formula is C19H19ClF2N6O3. The monoisotopic (exact) mass is 452 g/mol. The van der Waals surface area contributed by atoms with Gasteiger partial charge < -0.3 is 24.5 Å². The van der Waals surface area contributed by atoms with Crippen LogP contribution in [0.25, 0.3) is 11.2 Å². The van der Waals surface area contributed by atoms with Crippen LogP contribution >= 0.6 is 11.6 Å². The summed E-state index contributed by atoms with van der Waals surface area (Å²) in [4.78, 5) is 11.6. The molecule has 2 aliphatic heterocycles. The highest BCUT2D eigenvalue weighted by molar-refractivity contribution is 6.33. The van der Waals surface area contributed by atoms with Gasteiger partial charge in [-0.15, -0.1) is 0 Å². The first-order valence-corrected chi connectivity index (χ1v) is 9.92. The molecule has 3 atom stereocenters.